The zero-order valence-electron chi connectivity index (χ0n) is 10.1. The van der Waals surface area contributed by atoms with Crippen LogP contribution in [0.25, 0.3) is 0 Å². The lowest BCUT2D eigenvalue weighted by atomic mass is 9.95. The van der Waals surface area contributed by atoms with Crippen molar-refractivity contribution in [2.45, 2.75) is 59.4 Å². The van der Waals surface area contributed by atoms with Crippen LogP contribution in [0.15, 0.2) is 0 Å². The smallest absolute Gasteiger partial charge is 0.00665 e. The summed E-state index contributed by atoms with van der Waals surface area (Å²) in [7, 11) is 2.09. The van der Waals surface area contributed by atoms with Gasteiger partial charge in [0.15, 0.2) is 0 Å². The average Bonchev–Trinajstić information content (AvgIpc) is 2.10. The van der Waals surface area contributed by atoms with E-state index in [-0.39, 0.29) is 0 Å². The van der Waals surface area contributed by atoms with Crippen LogP contribution in [0.2, 0.25) is 0 Å². The minimum atomic E-state index is 0.731. The van der Waals surface area contributed by atoms with E-state index in [1.165, 1.54) is 25.7 Å². The third-order valence-electron chi connectivity index (χ3n) is 2.87. The summed E-state index contributed by atoms with van der Waals surface area (Å²) >= 11 is 0. The largest absolute Gasteiger partial charge is 0.317 e. The third kappa shape index (κ3) is 7.06. The summed E-state index contributed by atoms with van der Waals surface area (Å²) in [6, 6.07) is 0.731. The van der Waals surface area contributed by atoms with Crippen LogP contribution in [0.1, 0.15) is 53.4 Å². The Morgan fingerprint density at radius 1 is 1.08 bits per heavy atom. The summed E-state index contributed by atoms with van der Waals surface area (Å²) < 4.78 is 0. The molecular formula is C12H27N. The Morgan fingerprint density at radius 3 is 2.08 bits per heavy atom. The fraction of sp³-hybridized carbons (Fsp3) is 1.00. The van der Waals surface area contributed by atoms with E-state index in [1.807, 2.05) is 0 Å². The van der Waals surface area contributed by atoms with Crippen molar-refractivity contribution in [3.8, 4) is 0 Å². The molecule has 0 rings (SSSR count). The van der Waals surface area contributed by atoms with Gasteiger partial charge in [-0.25, -0.2) is 0 Å². The van der Waals surface area contributed by atoms with Gasteiger partial charge in [0.25, 0.3) is 0 Å². The van der Waals surface area contributed by atoms with Crippen molar-refractivity contribution in [2.24, 2.45) is 11.8 Å². The summed E-state index contributed by atoms with van der Waals surface area (Å²) in [5, 5.41) is 3.41. The Labute approximate surface area is 84.3 Å². The molecule has 0 amide bonds. The Bertz CT molecular complexity index is 110. The summed E-state index contributed by atoms with van der Waals surface area (Å²) in [6.45, 7) is 9.23. The molecule has 1 N–H and O–H groups in total. The van der Waals surface area contributed by atoms with Crippen LogP contribution >= 0.6 is 0 Å². The molecule has 0 aliphatic heterocycles. The summed E-state index contributed by atoms with van der Waals surface area (Å²) in [4.78, 5) is 0. The van der Waals surface area contributed by atoms with Gasteiger partial charge in [0.1, 0.15) is 0 Å². The Balaban J connectivity index is 3.59. The van der Waals surface area contributed by atoms with E-state index in [0.29, 0.717) is 0 Å². The molecule has 0 bridgehead atoms. The Kier molecular flexibility index (Phi) is 7.35. The molecule has 0 heterocycles. The molecule has 0 saturated heterocycles. The maximum atomic E-state index is 3.41. The lowest BCUT2D eigenvalue weighted by molar-refractivity contribution is 0.377. The summed E-state index contributed by atoms with van der Waals surface area (Å²) in [5.74, 6) is 1.71. The molecule has 0 aliphatic rings. The molecule has 1 heteroatoms. The van der Waals surface area contributed by atoms with Gasteiger partial charge >= 0.3 is 0 Å². The second-order valence-electron chi connectivity index (χ2n) is 4.71. The van der Waals surface area contributed by atoms with Crippen LogP contribution in [0.5, 0.6) is 0 Å². The zero-order valence-corrected chi connectivity index (χ0v) is 10.1. The summed E-state index contributed by atoms with van der Waals surface area (Å²) in [5.41, 5.74) is 0. The molecule has 1 nitrogen and oxygen atoms in total. The normalized spacial score (nSPS) is 16.2. The molecule has 0 aromatic heterocycles. The van der Waals surface area contributed by atoms with Crippen molar-refractivity contribution in [1.29, 1.82) is 0 Å². The fourth-order valence-corrected chi connectivity index (χ4v) is 1.64. The molecule has 0 aliphatic carbocycles. The molecule has 0 aromatic rings. The van der Waals surface area contributed by atoms with Gasteiger partial charge in [-0.15, -0.1) is 0 Å². The van der Waals surface area contributed by atoms with Crippen molar-refractivity contribution in [2.75, 3.05) is 7.05 Å². The molecule has 2 unspecified atom stereocenters. The minimum Gasteiger partial charge on any atom is -0.317 e. The number of hydrogen-bond donors (Lipinski definition) is 1. The van der Waals surface area contributed by atoms with Crippen molar-refractivity contribution >= 4 is 0 Å². The second kappa shape index (κ2) is 7.37. The van der Waals surface area contributed by atoms with Gasteiger partial charge in [-0.2, -0.15) is 0 Å². The fourth-order valence-electron chi connectivity index (χ4n) is 1.64. The first-order valence-electron chi connectivity index (χ1n) is 5.77. The highest BCUT2D eigenvalue weighted by molar-refractivity contribution is 4.67. The Hall–Kier alpha value is -0.0400. The SMILES string of the molecule is CCC(C)CCC(CC(C)C)NC. The van der Waals surface area contributed by atoms with Gasteiger partial charge in [0.2, 0.25) is 0 Å². The monoisotopic (exact) mass is 185 g/mol. The van der Waals surface area contributed by atoms with E-state index in [2.05, 4.69) is 40.1 Å². The lowest BCUT2D eigenvalue weighted by Gasteiger charge is -2.19. The third-order valence-corrected chi connectivity index (χ3v) is 2.87. The van der Waals surface area contributed by atoms with Gasteiger partial charge in [0, 0.05) is 6.04 Å². The van der Waals surface area contributed by atoms with Crippen LogP contribution in [0.3, 0.4) is 0 Å². The molecule has 13 heavy (non-hydrogen) atoms. The first-order valence-corrected chi connectivity index (χ1v) is 5.77. The van der Waals surface area contributed by atoms with Crippen LogP contribution in [-0.2, 0) is 0 Å². The van der Waals surface area contributed by atoms with Gasteiger partial charge in [0.05, 0.1) is 0 Å². The summed E-state index contributed by atoms with van der Waals surface area (Å²) in [6.07, 6.45) is 5.34. The van der Waals surface area contributed by atoms with E-state index >= 15 is 0 Å². The Morgan fingerprint density at radius 2 is 1.69 bits per heavy atom. The van der Waals surface area contributed by atoms with Crippen molar-refractivity contribution in [3.63, 3.8) is 0 Å². The molecule has 0 spiro atoms. The first kappa shape index (κ1) is 13.0. The van der Waals surface area contributed by atoms with E-state index in [9.17, 15) is 0 Å². The van der Waals surface area contributed by atoms with E-state index in [4.69, 9.17) is 0 Å². The van der Waals surface area contributed by atoms with E-state index < -0.39 is 0 Å². The predicted octanol–water partition coefficient (Wildman–Crippen LogP) is 3.45. The van der Waals surface area contributed by atoms with Crippen LogP contribution in [-0.4, -0.2) is 13.1 Å². The zero-order chi connectivity index (χ0) is 10.3. The van der Waals surface area contributed by atoms with Crippen LogP contribution in [0, 0.1) is 11.8 Å². The highest BCUT2D eigenvalue weighted by atomic mass is 14.9. The highest BCUT2D eigenvalue weighted by Crippen LogP contribution is 2.15. The lowest BCUT2D eigenvalue weighted by Crippen LogP contribution is -2.27. The van der Waals surface area contributed by atoms with Gasteiger partial charge in [-0.05, 0) is 38.1 Å². The van der Waals surface area contributed by atoms with Crippen molar-refractivity contribution < 1.29 is 0 Å². The quantitative estimate of drug-likeness (QED) is 0.640. The second-order valence-corrected chi connectivity index (χ2v) is 4.71. The molecule has 0 aromatic carbocycles. The molecular weight excluding hydrogens is 158 g/mol. The van der Waals surface area contributed by atoms with E-state index in [0.717, 1.165) is 17.9 Å². The van der Waals surface area contributed by atoms with Gasteiger partial charge in [-0.1, -0.05) is 34.1 Å². The predicted molar refractivity (Wildman–Crippen MR) is 61.0 cm³/mol. The van der Waals surface area contributed by atoms with Crippen molar-refractivity contribution in [3.05, 3.63) is 0 Å². The van der Waals surface area contributed by atoms with Crippen molar-refractivity contribution in [1.82, 2.24) is 5.32 Å². The molecule has 80 valence electrons. The van der Waals surface area contributed by atoms with Gasteiger partial charge in [-0.3, -0.25) is 0 Å². The first-order chi connectivity index (χ1) is 6.10. The number of hydrogen-bond acceptors (Lipinski definition) is 1. The number of nitrogens with one attached hydrogen (secondary N) is 1. The number of rotatable bonds is 7. The highest BCUT2D eigenvalue weighted by Gasteiger charge is 2.09. The van der Waals surface area contributed by atoms with Crippen LogP contribution in [0.4, 0.5) is 0 Å². The molecule has 0 saturated carbocycles. The molecule has 0 radical (unpaired) electrons. The maximum Gasteiger partial charge on any atom is 0.00665 e. The topological polar surface area (TPSA) is 12.0 Å². The standard InChI is InChI=1S/C12H27N/c1-6-11(4)7-8-12(13-5)9-10(2)3/h10-13H,6-9H2,1-5H3. The van der Waals surface area contributed by atoms with E-state index in [1.54, 1.807) is 0 Å². The van der Waals surface area contributed by atoms with Gasteiger partial charge < -0.3 is 5.32 Å². The minimum absolute atomic E-state index is 0.731. The molecule has 2 atom stereocenters. The van der Waals surface area contributed by atoms with Crippen LogP contribution < -0.4 is 5.32 Å². The average molecular weight is 185 g/mol. The maximum absolute atomic E-state index is 3.41. The molecule has 0 fully saturated rings.